The molecular formula is C33H27N7. The molecule has 0 radical (unpaired) electrons. The molecule has 0 amide bonds. The van der Waals surface area contributed by atoms with Crippen LogP contribution in [0.15, 0.2) is 123 Å². The van der Waals surface area contributed by atoms with Gasteiger partial charge in [-0.05, 0) is 65.6 Å². The van der Waals surface area contributed by atoms with Crippen LogP contribution >= 0.6 is 0 Å². The first-order valence-electron chi connectivity index (χ1n) is 12.9. The molecule has 0 aliphatic heterocycles. The Balaban J connectivity index is 1.36. The molecule has 0 spiro atoms. The number of aromatic amines is 2. The van der Waals surface area contributed by atoms with Crippen LogP contribution in [-0.4, -0.2) is 30.1 Å². The molecule has 0 saturated heterocycles. The van der Waals surface area contributed by atoms with Crippen molar-refractivity contribution in [3.8, 4) is 22.6 Å². The second kappa shape index (κ2) is 10.7. The fourth-order valence-electron chi connectivity index (χ4n) is 4.69. The van der Waals surface area contributed by atoms with Gasteiger partial charge in [-0.25, -0.2) is 4.98 Å². The number of hydrogen-bond acceptors (Lipinski definition) is 5. The van der Waals surface area contributed by atoms with Gasteiger partial charge in [-0.1, -0.05) is 55.6 Å². The highest BCUT2D eigenvalue weighted by molar-refractivity contribution is 5.98. The largest absolute Gasteiger partial charge is 0.356 e. The van der Waals surface area contributed by atoms with Crippen LogP contribution < -0.4 is 5.32 Å². The zero-order valence-corrected chi connectivity index (χ0v) is 22.0. The van der Waals surface area contributed by atoms with E-state index in [2.05, 4.69) is 67.9 Å². The molecule has 0 bridgehead atoms. The number of imidazole rings is 1. The third kappa shape index (κ3) is 4.72. The highest BCUT2D eigenvalue weighted by Gasteiger charge is 2.16. The van der Waals surface area contributed by atoms with Gasteiger partial charge >= 0.3 is 0 Å². The van der Waals surface area contributed by atoms with Gasteiger partial charge in [0.2, 0.25) is 0 Å². The zero-order chi connectivity index (χ0) is 27.5. The van der Waals surface area contributed by atoms with Crippen LogP contribution in [0.5, 0.6) is 0 Å². The summed E-state index contributed by atoms with van der Waals surface area (Å²) < 4.78 is 0. The molecule has 40 heavy (non-hydrogen) atoms. The molecule has 7 nitrogen and oxygen atoms in total. The number of nitrogens with one attached hydrogen (secondary N) is 3. The van der Waals surface area contributed by atoms with E-state index in [1.54, 1.807) is 24.7 Å². The predicted molar refractivity (Wildman–Crippen MR) is 163 cm³/mol. The van der Waals surface area contributed by atoms with E-state index in [4.69, 9.17) is 4.98 Å². The fourth-order valence-corrected chi connectivity index (χ4v) is 4.69. The van der Waals surface area contributed by atoms with Gasteiger partial charge in [0.25, 0.3) is 0 Å². The fraction of sp³-hybridized carbons (Fsp3) is 0.0303. The molecule has 0 saturated carbocycles. The lowest BCUT2D eigenvalue weighted by molar-refractivity contribution is 1.11. The Hall–Kier alpha value is -5.56. The Bertz CT molecular complexity index is 1910. The summed E-state index contributed by atoms with van der Waals surface area (Å²) in [6.45, 7) is 10.2. The van der Waals surface area contributed by atoms with Crippen LogP contribution in [0.25, 0.3) is 55.9 Å². The predicted octanol–water partition coefficient (Wildman–Crippen LogP) is 7.30. The third-order valence-electron chi connectivity index (χ3n) is 6.77. The van der Waals surface area contributed by atoms with Gasteiger partial charge in [-0.15, -0.1) is 0 Å². The summed E-state index contributed by atoms with van der Waals surface area (Å²) in [6, 6.07) is 20.2. The summed E-state index contributed by atoms with van der Waals surface area (Å²) in [5, 5.41) is 12.1. The maximum atomic E-state index is 4.94. The molecule has 2 aromatic carbocycles. The van der Waals surface area contributed by atoms with Crippen molar-refractivity contribution >= 4 is 33.2 Å². The minimum absolute atomic E-state index is 0.673. The molecule has 0 aliphatic carbocycles. The van der Waals surface area contributed by atoms with Crippen molar-refractivity contribution in [3.63, 3.8) is 0 Å². The van der Waals surface area contributed by atoms with Crippen LogP contribution in [0.2, 0.25) is 0 Å². The first-order chi connectivity index (χ1) is 19.6. The number of fused-ring (bicyclic) bond motifs is 2. The Morgan fingerprint density at radius 3 is 2.52 bits per heavy atom. The molecule has 4 aromatic heterocycles. The lowest BCUT2D eigenvalue weighted by Gasteiger charge is -2.12. The van der Waals surface area contributed by atoms with Gasteiger partial charge in [0.1, 0.15) is 5.69 Å². The van der Waals surface area contributed by atoms with E-state index in [0.29, 0.717) is 5.82 Å². The van der Waals surface area contributed by atoms with Crippen molar-refractivity contribution < 1.29 is 0 Å². The SMILES string of the molecule is C=C/C(=C\C(=C/C)c1ccc2[nH]nc(-c3nc4c(-c5ccncc5)cncc4[nH]3)c2c1)NC(=C)c1ccccc1. The first kappa shape index (κ1) is 24.8. The number of pyridine rings is 2. The van der Waals surface area contributed by atoms with Crippen LogP contribution in [-0.2, 0) is 0 Å². The van der Waals surface area contributed by atoms with E-state index in [1.165, 1.54) is 0 Å². The highest BCUT2D eigenvalue weighted by atomic mass is 15.1. The summed E-state index contributed by atoms with van der Waals surface area (Å²) >= 11 is 0. The molecule has 4 heterocycles. The van der Waals surface area contributed by atoms with Crippen LogP contribution in [0.3, 0.4) is 0 Å². The van der Waals surface area contributed by atoms with E-state index in [9.17, 15) is 0 Å². The van der Waals surface area contributed by atoms with E-state index in [0.717, 1.165) is 66.9 Å². The molecule has 7 heteroatoms. The lowest BCUT2D eigenvalue weighted by atomic mass is 10.0. The summed E-state index contributed by atoms with van der Waals surface area (Å²) in [5.74, 6) is 0.673. The molecule has 0 fully saturated rings. The smallest absolute Gasteiger partial charge is 0.159 e. The number of benzene rings is 2. The van der Waals surface area contributed by atoms with Gasteiger partial charge in [0, 0.05) is 40.9 Å². The average molecular weight is 522 g/mol. The number of hydrogen-bond donors (Lipinski definition) is 3. The molecule has 194 valence electrons. The molecular weight excluding hydrogens is 494 g/mol. The second-order valence-electron chi connectivity index (χ2n) is 9.25. The van der Waals surface area contributed by atoms with Crippen LogP contribution in [0, 0.1) is 0 Å². The van der Waals surface area contributed by atoms with Crippen molar-refractivity contribution in [1.82, 2.24) is 35.5 Å². The van der Waals surface area contributed by atoms with Crippen LogP contribution in [0.4, 0.5) is 0 Å². The maximum Gasteiger partial charge on any atom is 0.159 e. The van der Waals surface area contributed by atoms with E-state index in [1.807, 2.05) is 61.7 Å². The Morgan fingerprint density at radius 2 is 1.75 bits per heavy atom. The zero-order valence-electron chi connectivity index (χ0n) is 22.0. The highest BCUT2D eigenvalue weighted by Crippen LogP contribution is 2.32. The number of nitrogens with zero attached hydrogens (tertiary/aromatic N) is 4. The molecule has 0 atom stereocenters. The minimum Gasteiger partial charge on any atom is -0.356 e. The number of rotatable bonds is 8. The Kier molecular flexibility index (Phi) is 6.60. The topological polar surface area (TPSA) is 95.2 Å². The number of allylic oxidation sites excluding steroid dienone is 4. The Morgan fingerprint density at radius 1 is 0.925 bits per heavy atom. The number of aromatic nitrogens is 6. The summed E-state index contributed by atoms with van der Waals surface area (Å²) in [5.41, 5.74) is 10.0. The van der Waals surface area contributed by atoms with Crippen molar-refractivity contribution in [1.29, 1.82) is 0 Å². The van der Waals surface area contributed by atoms with Gasteiger partial charge in [-0.3, -0.25) is 15.1 Å². The van der Waals surface area contributed by atoms with E-state index < -0.39 is 0 Å². The van der Waals surface area contributed by atoms with Crippen molar-refractivity contribution in [2.75, 3.05) is 0 Å². The quantitative estimate of drug-likeness (QED) is 0.183. The van der Waals surface area contributed by atoms with Gasteiger partial charge in [-0.2, -0.15) is 5.10 Å². The molecule has 0 aliphatic rings. The maximum absolute atomic E-state index is 4.94. The van der Waals surface area contributed by atoms with Crippen molar-refractivity contribution in [3.05, 3.63) is 134 Å². The normalized spacial score (nSPS) is 12.1. The van der Waals surface area contributed by atoms with Gasteiger partial charge in [0.05, 0.1) is 22.7 Å². The standard InChI is InChI=1S/C33H27N7/c1-4-22(17-26(5-2)36-21(3)23-9-7-6-8-10-23)25-11-12-29-27(18-25)32(40-39-29)33-37-30-20-35-19-28(31(30)38-33)24-13-15-34-16-14-24/h4-20,36H,2-3H2,1H3,(H,37,38)(H,39,40)/b22-4+,26-17+. The van der Waals surface area contributed by atoms with E-state index >= 15 is 0 Å². The molecule has 3 N–H and O–H groups in total. The third-order valence-corrected chi connectivity index (χ3v) is 6.77. The van der Waals surface area contributed by atoms with Gasteiger partial charge in [0.15, 0.2) is 5.82 Å². The first-order valence-corrected chi connectivity index (χ1v) is 12.9. The summed E-state index contributed by atoms with van der Waals surface area (Å²) in [7, 11) is 0. The Labute approximate surface area is 231 Å². The van der Waals surface area contributed by atoms with Crippen molar-refractivity contribution in [2.45, 2.75) is 6.92 Å². The second-order valence-corrected chi connectivity index (χ2v) is 9.25. The van der Waals surface area contributed by atoms with Gasteiger partial charge < -0.3 is 10.3 Å². The average Bonchev–Trinajstić information content (AvgIpc) is 3.64. The van der Waals surface area contributed by atoms with E-state index in [-0.39, 0.29) is 0 Å². The molecule has 6 aromatic rings. The number of H-pyrrole nitrogens is 2. The lowest BCUT2D eigenvalue weighted by Crippen LogP contribution is -2.09. The van der Waals surface area contributed by atoms with Crippen LogP contribution in [0.1, 0.15) is 18.1 Å². The summed E-state index contributed by atoms with van der Waals surface area (Å²) in [6.07, 6.45) is 13.1. The minimum atomic E-state index is 0.673. The molecule has 6 rings (SSSR count). The summed E-state index contributed by atoms with van der Waals surface area (Å²) in [4.78, 5) is 16.9. The molecule has 0 unspecified atom stereocenters. The monoisotopic (exact) mass is 521 g/mol. The van der Waals surface area contributed by atoms with Crippen molar-refractivity contribution in [2.24, 2.45) is 0 Å².